The van der Waals surface area contributed by atoms with Crippen LogP contribution in [0.3, 0.4) is 0 Å². The fourth-order valence-electron chi connectivity index (χ4n) is 3.13. The molecule has 0 bridgehead atoms. The Morgan fingerprint density at radius 3 is 2.75 bits per heavy atom. The van der Waals surface area contributed by atoms with Gasteiger partial charge in [0.1, 0.15) is 35.1 Å². The molecule has 9 heteroatoms. The maximum atomic E-state index is 9.39. The minimum Gasteiger partial charge on any atom is -0.464 e. The monoisotopic (exact) mass is 370 g/mol. The van der Waals surface area contributed by atoms with E-state index in [4.69, 9.17) is 21.1 Å². The normalized spacial score (nSPS) is 14.8. The summed E-state index contributed by atoms with van der Waals surface area (Å²) in [5, 5.41) is 23.7. The van der Waals surface area contributed by atoms with Gasteiger partial charge in [-0.15, -0.1) is 0 Å². The van der Waals surface area contributed by atoms with Gasteiger partial charge in [-0.1, -0.05) is 18.2 Å². The van der Waals surface area contributed by atoms with Crippen molar-refractivity contribution in [2.75, 3.05) is 16.8 Å². The Labute approximate surface area is 159 Å². The molecule has 0 fully saturated rings. The summed E-state index contributed by atoms with van der Waals surface area (Å²) >= 11 is 0. The number of nitriles is 2. The molecule has 1 aliphatic rings. The molecule has 1 aliphatic heterocycles. The van der Waals surface area contributed by atoms with E-state index in [9.17, 15) is 5.26 Å². The predicted octanol–water partition coefficient (Wildman–Crippen LogP) is 2.32. The highest BCUT2D eigenvalue weighted by Gasteiger charge is 2.29. The highest BCUT2D eigenvalue weighted by atomic mass is 16.3. The van der Waals surface area contributed by atoms with E-state index < -0.39 is 6.04 Å². The first kappa shape index (κ1) is 16.9. The van der Waals surface area contributed by atoms with Crippen molar-refractivity contribution in [2.45, 2.75) is 6.04 Å². The maximum Gasteiger partial charge on any atom is 0.211 e. The summed E-state index contributed by atoms with van der Waals surface area (Å²) in [6.45, 7) is 0. The van der Waals surface area contributed by atoms with E-state index in [2.05, 4.69) is 20.6 Å². The molecule has 2 aromatic heterocycles. The average molecular weight is 370 g/mol. The largest absolute Gasteiger partial charge is 0.464 e. The Bertz CT molecular complexity index is 1170. The van der Waals surface area contributed by atoms with E-state index in [-0.39, 0.29) is 23.0 Å². The quantitative estimate of drug-likeness (QED) is 0.394. The molecule has 4 rings (SSSR count). The molecule has 6 N–H and O–H groups in total. The molecule has 0 saturated carbocycles. The molecule has 136 valence electrons. The summed E-state index contributed by atoms with van der Waals surface area (Å²) in [4.78, 5) is 8.78. The van der Waals surface area contributed by atoms with Crippen LogP contribution in [0, 0.1) is 22.8 Å². The summed E-state index contributed by atoms with van der Waals surface area (Å²) in [7, 11) is 0. The second-order valence-corrected chi connectivity index (χ2v) is 6.00. The first-order valence-electron chi connectivity index (χ1n) is 8.25. The second-order valence-electron chi connectivity index (χ2n) is 6.00. The van der Waals surface area contributed by atoms with E-state index >= 15 is 0 Å². The van der Waals surface area contributed by atoms with Gasteiger partial charge < -0.3 is 21.2 Å². The van der Waals surface area contributed by atoms with Crippen LogP contribution in [-0.4, -0.2) is 10.9 Å². The van der Waals surface area contributed by atoms with Crippen LogP contribution < -0.4 is 22.1 Å². The Kier molecular flexibility index (Phi) is 4.03. The SMILES string of the molecule is N#CNC1=NC(c2cccc(-c3ccco3)c2)c2c(nc(N)c(C#N)c2N)N1. The highest BCUT2D eigenvalue weighted by Crippen LogP contribution is 2.41. The van der Waals surface area contributed by atoms with Crippen molar-refractivity contribution in [2.24, 2.45) is 4.99 Å². The topological polar surface area (TPSA) is 162 Å². The number of guanidine groups is 1. The fraction of sp³-hybridized carbons (Fsp3) is 0.0526. The van der Waals surface area contributed by atoms with Crippen molar-refractivity contribution >= 4 is 23.3 Å². The number of nitrogens with one attached hydrogen (secondary N) is 2. The smallest absolute Gasteiger partial charge is 0.211 e. The molecule has 9 nitrogen and oxygen atoms in total. The zero-order valence-electron chi connectivity index (χ0n) is 14.5. The molecule has 3 aromatic rings. The van der Waals surface area contributed by atoms with E-state index in [1.807, 2.05) is 42.6 Å². The van der Waals surface area contributed by atoms with Gasteiger partial charge in [0.05, 0.1) is 12.0 Å². The van der Waals surface area contributed by atoms with Gasteiger partial charge in [0, 0.05) is 11.1 Å². The minimum absolute atomic E-state index is 0.00699. The van der Waals surface area contributed by atoms with Crippen molar-refractivity contribution in [3.05, 3.63) is 59.4 Å². The highest BCUT2D eigenvalue weighted by molar-refractivity contribution is 5.98. The van der Waals surface area contributed by atoms with E-state index in [1.54, 1.807) is 12.3 Å². The van der Waals surface area contributed by atoms with Crippen LogP contribution in [-0.2, 0) is 0 Å². The maximum absolute atomic E-state index is 9.39. The minimum atomic E-state index is -0.595. The van der Waals surface area contributed by atoms with Gasteiger partial charge in [-0.05, 0) is 23.8 Å². The number of nitrogens with zero attached hydrogens (tertiary/aromatic N) is 4. The summed E-state index contributed by atoms with van der Waals surface area (Å²) < 4.78 is 5.47. The summed E-state index contributed by atoms with van der Waals surface area (Å²) in [6, 6.07) is 12.6. The van der Waals surface area contributed by atoms with Crippen molar-refractivity contribution in [1.82, 2.24) is 10.3 Å². The Morgan fingerprint density at radius 1 is 1.18 bits per heavy atom. The van der Waals surface area contributed by atoms with Crippen LogP contribution in [0.2, 0.25) is 0 Å². The predicted molar refractivity (Wildman–Crippen MR) is 104 cm³/mol. The number of fused-ring (bicyclic) bond motifs is 1. The third kappa shape index (κ3) is 2.73. The molecule has 28 heavy (non-hydrogen) atoms. The van der Waals surface area contributed by atoms with Gasteiger partial charge in [0.15, 0.2) is 6.19 Å². The van der Waals surface area contributed by atoms with Gasteiger partial charge in [-0.3, -0.25) is 5.32 Å². The van der Waals surface area contributed by atoms with Gasteiger partial charge in [0.2, 0.25) is 5.96 Å². The van der Waals surface area contributed by atoms with Gasteiger partial charge in [-0.2, -0.15) is 10.5 Å². The Balaban J connectivity index is 1.91. The molecular formula is C19H14N8O. The third-order valence-electron chi connectivity index (χ3n) is 4.37. The molecule has 1 aromatic carbocycles. The lowest BCUT2D eigenvalue weighted by molar-refractivity contribution is 0.582. The summed E-state index contributed by atoms with van der Waals surface area (Å²) in [5.74, 6) is 1.26. The number of rotatable bonds is 2. The van der Waals surface area contributed by atoms with Crippen LogP contribution in [0.5, 0.6) is 0 Å². The number of benzene rings is 1. The van der Waals surface area contributed by atoms with E-state index in [1.165, 1.54) is 0 Å². The van der Waals surface area contributed by atoms with E-state index in [0.29, 0.717) is 17.1 Å². The zero-order chi connectivity index (χ0) is 19.7. The third-order valence-corrected chi connectivity index (χ3v) is 4.37. The standard InChI is InChI=1S/C19H14N8O/c20-8-12-15(22)14-16(25-19(24-9-21)27-18(14)26-17(12)23)11-4-1-3-10(7-11)13-5-2-6-28-13/h1-7,16H,(H6,22,23,24,25,26,27). The van der Waals surface area contributed by atoms with Crippen LogP contribution in [0.15, 0.2) is 52.1 Å². The number of furan rings is 1. The average Bonchev–Trinajstić information content (AvgIpc) is 3.23. The molecule has 0 spiro atoms. The lowest BCUT2D eigenvalue weighted by Gasteiger charge is -2.26. The molecule has 1 atom stereocenters. The molecule has 0 amide bonds. The van der Waals surface area contributed by atoms with Crippen molar-refractivity contribution in [1.29, 1.82) is 10.5 Å². The zero-order valence-corrected chi connectivity index (χ0v) is 14.5. The molecule has 3 heterocycles. The van der Waals surface area contributed by atoms with E-state index in [0.717, 1.165) is 11.1 Å². The van der Waals surface area contributed by atoms with Crippen LogP contribution in [0.1, 0.15) is 22.7 Å². The lowest BCUT2D eigenvalue weighted by atomic mass is 9.94. The van der Waals surface area contributed by atoms with Crippen LogP contribution in [0.25, 0.3) is 11.3 Å². The first-order valence-corrected chi connectivity index (χ1v) is 8.25. The van der Waals surface area contributed by atoms with Crippen molar-refractivity contribution in [3.8, 4) is 23.6 Å². The number of nitrogen functional groups attached to an aromatic ring is 2. The van der Waals surface area contributed by atoms with Gasteiger partial charge in [0.25, 0.3) is 0 Å². The van der Waals surface area contributed by atoms with Crippen LogP contribution in [0.4, 0.5) is 17.3 Å². The number of hydrogen-bond acceptors (Lipinski definition) is 9. The molecule has 0 aliphatic carbocycles. The number of aromatic nitrogens is 1. The molecule has 0 saturated heterocycles. The number of pyridine rings is 1. The molecule has 1 unspecified atom stereocenters. The van der Waals surface area contributed by atoms with Gasteiger partial charge >= 0.3 is 0 Å². The summed E-state index contributed by atoms with van der Waals surface area (Å²) in [6.07, 6.45) is 3.42. The first-order chi connectivity index (χ1) is 13.6. The number of aliphatic imine (C=N–C) groups is 1. The Morgan fingerprint density at radius 2 is 2.04 bits per heavy atom. The van der Waals surface area contributed by atoms with Gasteiger partial charge in [-0.25, -0.2) is 9.98 Å². The molecular weight excluding hydrogens is 356 g/mol. The number of anilines is 3. The van der Waals surface area contributed by atoms with Crippen molar-refractivity contribution in [3.63, 3.8) is 0 Å². The Hall–Kier alpha value is -4.50. The van der Waals surface area contributed by atoms with Crippen LogP contribution >= 0.6 is 0 Å². The fourth-order valence-corrected chi connectivity index (χ4v) is 3.13. The molecule has 0 radical (unpaired) electrons. The van der Waals surface area contributed by atoms with Crippen molar-refractivity contribution < 1.29 is 4.42 Å². The number of nitrogens with two attached hydrogens (primary N) is 2. The second kappa shape index (κ2) is 6.67. The summed E-state index contributed by atoms with van der Waals surface area (Å²) in [5.41, 5.74) is 14.6. The lowest BCUT2D eigenvalue weighted by Crippen LogP contribution is -2.32. The number of hydrogen-bond donors (Lipinski definition) is 4.